The normalized spacial score (nSPS) is 17.0. The van der Waals surface area contributed by atoms with Crippen LogP contribution < -0.4 is 4.72 Å². The zero-order chi connectivity index (χ0) is 17.9. The number of aryl methyl sites for hydroxylation is 1. The highest BCUT2D eigenvalue weighted by atomic mass is 32.2. The molecule has 0 aliphatic carbocycles. The van der Waals surface area contributed by atoms with Gasteiger partial charge in [-0.3, -0.25) is 4.90 Å². The van der Waals surface area contributed by atoms with E-state index in [1.807, 2.05) is 29.9 Å². The number of hydrogen-bond acceptors (Lipinski definition) is 3. The maximum absolute atomic E-state index is 13.7. The lowest BCUT2D eigenvalue weighted by Gasteiger charge is -2.28. The third kappa shape index (κ3) is 4.48. The Balaban J connectivity index is 1.72. The van der Waals surface area contributed by atoms with Gasteiger partial charge in [-0.1, -0.05) is 18.2 Å². The van der Waals surface area contributed by atoms with Crippen LogP contribution in [0.1, 0.15) is 30.1 Å². The molecule has 1 aliphatic rings. The quantitative estimate of drug-likeness (QED) is 0.820. The number of likely N-dealkylation sites (tertiary alicyclic amines) is 1. The maximum atomic E-state index is 13.7. The van der Waals surface area contributed by atoms with E-state index < -0.39 is 15.8 Å². The average molecular weight is 365 g/mol. The molecule has 1 atom stereocenters. The van der Waals surface area contributed by atoms with E-state index >= 15 is 0 Å². The predicted molar refractivity (Wildman–Crippen MR) is 96.0 cm³/mol. The highest BCUT2D eigenvalue weighted by Gasteiger charge is 2.26. The summed E-state index contributed by atoms with van der Waals surface area (Å²) in [5.41, 5.74) is 1.27. The Hall–Kier alpha value is -1.70. The third-order valence-corrected chi connectivity index (χ3v) is 6.00. The van der Waals surface area contributed by atoms with Crippen LogP contribution in [0.25, 0.3) is 0 Å². The van der Waals surface area contributed by atoms with E-state index in [0.29, 0.717) is 0 Å². The first kappa shape index (κ1) is 18.1. The van der Waals surface area contributed by atoms with Crippen molar-refractivity contribution in [3.05, 3.63) is 59.7 Å². The molecular weight excluding hydrogens is 341 g/mol. The second-order valence-electron chi connectivity index (χ2n) is 6.50. The van der Waals surface area contributed by atoms with Crippen molar-refractivity contribution in [2.45, 2.75) is 24.6 Å². The van der Waals surface area contributed by atoms with Gasteiger partial charge in [-0.25, -0.2) is 17.5 Å². The van der Waals surface area contributed by atoms with Crippen molar-refractivity contribution in [3.63, 3.8) is 0 Å². The van der Waals surface area contributed by atoms with Gasteiger partial charge in [-0.2, -0.15) is 0 Å². The van der Waals surface area contributed by atoms with E-state index in [0.717, 1.165) is 31.6 Å². The standard InChI is InChI=1S/C18H24FN3O2S/c1-21-10-6-9-17(21)18(22-11-4-5-12-22)13-20-25(23,24)14-15-7-2-3-8-16(15)19/h2-3,6-10,18,20H,4-5,11-14H2,1H3. The molecule has 25 heavy (non-hydrogen) atoms. The van der Waals surface area contributed by atoms with Crippen LogP contribution in [0.3, 0.4) is 0 Å². The lowest BCUT2D eigenvalue weighted by atomic mass is 10.2. The summed E-state index contributed by atoms with van der Waals surface area (Å²) in [5, 5.41) is 0. The monoisotopic (exact) mass is 365 g/mol. The number of nitrogens with one attached hydrogen (secondary N) is 1. The number of sulfonamides is 1. The Bertz CT molecular complexity index is 813. The molecule has 1 aromatic heterocycles. The molecule has 2 heterocycles. The fourth-order valence-corrected chi connectivity index (χ4v) is 4.53. The first-order chi connectivity index (χ1) is 12.0. The Morgan fingerprint density at radius 1 is 1.16 bits per heavy atom. The largest absolute Gasteiger partial charge is 0.353 e. The smallest absolute Gasteiger partial charge is 0.215 e. The van der Waals surface area contributed by atoms with Gasteiger partial charge in [-0.05, 0) is 44.1 Å². The zero-order valence-corrected chi connectivity index (χ0v) is 15.2. The van der Waals surface area contributed by atoms with E-state index in [1.54, 1.807) is 12.1 Å². The van der Waals surface area contributed by atoms with Crippen LogP contribution in [-0.2, 0) is 22.8 Å². The number of halogens is 1. The van der Waals surface area contributed by atoms with Gasteiger partial charge in [0.25, 0.3) is 0 Å². The Morgan fingerprint density at radius 2 is 1.88 bits per heavy atom. The van der Waals surface area contributed by atoms with Crippen molar-refractivity contribution in [3.8, 4) is 0 Å². The highest BCUT2D eigenvalue weighted by molar-refractivity contribution is 7.88. The number of aromatic nitrogens is 1. The molecular formula is C18H24FN3O2S. The van der Waals surface area contributed by atoms with Gasteiger partial charge in [0.1, 0.15) is 5.82 Å². The van der Waals surface area contributed by atoms with Gasteiger partial charge in [0, 0.05) is 31.0 Å². The minimum Gasteiger partial charge on any atom is -0.353 e. The number of benzene rings is 1. The topological polar surface area (TPSA) is 54.3 Å². The SMILES string of the molecule is Cn1cccc1C(CNS(=O)(=O)Cc1ccccc1F)N1CCCC1. The molecule has 1 aromatic carbocycles. The second-order valence-corrected chi connectivity index (χ2v) is 8.31. The van der Waals surface area contributed by atoms with Crippen molar-refractivity contribution >= 4 is 10.0 Å². The minimum atomic E-state index is -3.61. The molecule has 0 spiro atoms. The first-order valence-corrected chi connectivity index (χ1v) is 10.2. The van der Waals surface area contributed by atoms with Gasteiger partial charge in [0.2, 0.25) is 10.0 Å². The van der Waals surface area contributed by atoms with Crippen LogP contribution in [0.5, 0.6) is 0 Å². The van der Waals surface area contributed by atoms with Crippen LogP contribution in [0.2, 0.25) is 0 Å². The van der Waals surface area contributed by atoms with Crippen molar-refractivity contribution in [2.24, 2.45) is 7.05 Å². The van der Waals surface area contributed by atoms with Crippen LogP contribution in [0, 0.1) is 5.82 Å². The lowest BCUT2D eigenvalue weighted by molar-refractivity contribution is 0.238. The summed E-state index contributed by atoms with van der Waals surface area (Å²) in [6.07, 6.45) is 4.22. The van der Waals surface area contributed by atoms with E-state index in [-0.39, 0.29) is 23.9 Å². The Labute approximate surface area is 148 Å². The predicted octanol–water partition coefficient (Wildman–Crippen LogP) is 2.42. The van der Waals surface area contributed by atoms with E-state index in [2.05, 4.69) is 9.62 Å². The molecule has 0 bridgehead atoms. The Kier molecular flexibility index (Phi) is 5.56. The fourth-order valence-electron chi connectivity index (χ4n) is 3.37. The highest BCUT2D eigenvalue weighted by Crippen LogP contribution is 2.25. The summed E-state index contributed by atoms with van der Waals surface area (Å²) < 4.78 is 43.3. The maximum Gasteiger partial charge on any atom is 0.215 e. The van der Waals surface area contributed by atoms with Crippen molar-refractivity contribution in [1.82, 2.24) is 14.2 Å². The molecule has 1 fully saturated rings. The summed E-state index contributed by atoms with van der Waals surface area (Å²) in [7, 11) is -1.65. The number of hydrogen-bond donors (Lipinski definition) is 1. The third-order valence-electron chi connectivity index (χ3n) is 4.71. The molecule has 0 radical (unpaired) electrons. The second kappa shape index (κ2) is 7.68. The van der Waals surface area contributed by atoms with Crippen LogP contribution in [0.4, 0.5) is 4.39 Å². The van der Waals surface area contributed by atoms with Crippen molar-refractivity contribution < 1.29 is 12.8 Å². The molecule has 1 N–H and O–H groups in total. The minimum absolute atomic E-state index is 0.0158. The molecule has 136 valence electrons. The summed E-state index contributed by atoms with van der Waals surface area (Å²) in [4.78, 5) is 2.31. The van der Waals surface area contributed by atoms with Crippen LogP contribution >= 0.6 is 0 Å². The lowest BCUT2D eigenvalue weighted by Crippen LogP contribution is -2.38. The van der Waals surface area contributed by atoms with Gasteiger partial charge >= 0.3 is 0 Å². The summed E-state index contributed by atoms with van der Waals surface area (Å²) in [6.45, 7) is 2.21. The summed E-state index contributed by atoms with van der Waals surface area (Å²) >= 11 is 0. The molecule has 1 unspecified atom stereocenters. The average Bonchev–Trinajstić information content (AvgIpc) is 3.23. The Morgan fingerprint density at radius 3 is 2.52 bits per heavy atom. The summed E-state index contributed by atoms with van der Waals surface area (Å²) in [5.74, 6) is -0.842. The molecule has 2 aromatic rings. The number of rotatable bonds is 7. The van der Waals surface area contributed by atoms with E-state index in [9.17, 15) is 12.8 Å². The van der Waals surface area contributed by atoms with Crippen LogP contribution in [0.15, 0.2) is 42.6 Å². The van der Waals surface area contributed by atoms with Gasteiger partial charge in [0.15, 0.2) is 0 Å². The molecule has 0 saturated carbocycles. The fraction of sp³-hybridized carbons (Fsp3) is 0.444. The molecule has 0 amide bonds. The van der Waals surface area contributed by atoms with E-state index in [4.69, 9.17) is 0 Å². The molecule has 3 rings (SSSR count). The zero-order valence-electron chi connectivity index (χ0n) is 14.4. The molecule has 1 saturated heterocycles. The first-order valence-electron chi connectivity index (χ1n) is 8.52. The van der Waals surface area contributed by atoms with Gasteiger partial charge in [0.05, 0.1) is 11.8 Å². The van der Waals surface area contributed by atoms with Gasteiger partial charge in [-0.15, -0.1) is 0 Å². The molecule has 7 heteroatoms. The van der Waals surface area contributed by atoms with Gasteiger partial charge < -0.3 is 4.57 Å². The van der Waals surface area contributed by atoms with Crippen molar-refractivity contribution in [2.75, 3.05) is 19.6 Å². The van der Waals surface area contributed by atoms with Crippen LogP contribution in [-0.4, -0.2) is 37.5 Å². The number of nitrogens with zero attached hydrogens (tertiary/aromatic N) is 2. The molecule has 5 nitrogen and oxygen atoms in total. The summed E-state index contributed by atoms with van der Waals surface area (Å²) in [6, 6.07) is 9.95. The van der Waals surface area contributed by atoms with Crippen molar-refractivity contribution in [1.29, 1.82) is 0 Å². The molecule has 1 aliphatic heterocycles. The van der Waals surface area contributed by atoms with E-state index in [1.165, 1.54) is 12.1 Å².